The van der Waals surface area contributed by atoms with Gasteiger partial charge in [-0.05, 0) is 43.0 Å². The molecule has 0 saturated carbocycles. The predicted octanol–water partition coefficient (Wildman–Crippen LogP) is 3.94. The predicted molar refractivity (Wildman–Crippen MR) is 81.7 cm³/mol. The van der Waals surface area contributed by atoms with E-state index in [0.717, 1.165) is 6.42 Å². The molecule has 0 heterocycles. The highest BCUT2D eigenvalue weighted by molar-refractivity contribution is 6.35. The minimum Gasteiger partial charge on any atom is -0.330 e. The normalized spacial score (nSPS) is 12.5. The van der Waals surface area contributed by atoms with Gasteiger partial charge in [-0.15, -0.1) is 0 Å². The Morgan fingerprint density at radius 3 is 2.32 bits per heavy atom. The third-order valence-electron chi connectivity index (χ3n) is 2.76. The highest BCUT2D eigenvalue weighted by Crippen LogP contribution is 2.23. The van der Waals surface area contributed by atoms with Crippen LogP contribution in [0.4, 0.5) is 5.69 Å². The van der Waals surface area contributed by atoms with Crippen molar-refractivity contribution in [1.29, 1.82) is 0 Å². The van der Waals surface area contributed by atoms with E-state index < -0.39 is 0 Å². The number of benzene rings is 1. The van der Waals surface area contributed by atoms with E-state index in [0.29, 0.717) is 34.6 Å². The average Bonchev–Trinajstić information content (AvgIpc) is 2.25. The molecule has 1 atom stereocenters. The van der Waals surface area contributed by atoms with Crippen molar-refractivity contribution in [3.63, 3.8) is 0 Å². The number of hydrogen-bond donors (Lipinski definition) is 2. The van der Waals surface area contributed by atoms with Crippen LogP contribution in [-0.4, -0.2) is 12.5 Å². The molecule has 1 amide bonds. The zero-order valence-corrected chi connectivity index (χ0v) is 12.8. The topological polar surface area (TPSA) is 55.1 Å². The van der Waals surface area contributed by atoms with Crippen molar-refractivity contribution >= 4 is 34.8 Å². The molecule has 19 heavy (non-hydrogen) atoms. The fourth-order valence-electron chi connectivity index (χ4n) is 2.03. The van der Waals surface area contributed by atoms with Crippen LogP contribution in [0.1, 0.15) is 26.7 Å². The summed E-state index contributed by atoms with van der Waals surface area (Å²) >= 11 is 11.8. The highest BCUT2D eigenvalue weighted by atomic mass is 35.5. The molecule has 0 fully saturated rings. The first-order chi connectivity index (χ1) is 8.90. The first-order valence-corrected chi connectivity index (χ1v) is 7.12. The molecular weight excluding hydrogens is 283 g/mol. The monoisotopic (exact) mass is 302 g/mol. The first kappa shape index (κ1) is 16.3. The van der Waals surface area contributed by atoms with Gasteiger partial charge in [-0.2, -0.15) is 0 Å². The van der Waals surface area contributed by atoms with Gasteiger partial charge >= 0.3 is 0 Å². The maximum absolute atomic E-state index is 11.9. The number of nitrogens with one attached hydrogen (secondary N) is 1. The molecule has 1 aromatic rings. The van der Waals surface area contributed by atoms with Crippen LogP contribution in [0, 0.1) is 11.8 Å². The fourth-order valence-corrected chi connectivity index (χ4v) is 2.56. The van der Waals surface area contributed by atoms with Gasteiger partial charge in [0.2, 0.25) is 5.91 Å². The summed E-state index contributed by atoms with van der Waals surface area (Å²) in [6.07, 6.45) is 1.36. The Labute approximate surface area is 124 Å². The standard InChI is InChI=1S/C14H20Cl2N2O/c1-9(2)3-10(8-17)4-14(19)18-13-6-11(15)5-12(16)7-13/h5-7,9-10H,3-4,8,17H2,1-2H3,(H,18,19). The van der Waals surface area contributed by atoms with Gasteiger partial charge in [-0.1, -0.05) is 37.0 Å². The largest absolute Gasteiger partial charge is 0.330 e. The smallest absolute Gasteiger partial charge is 0.224 e. The van der Waals surface area contributed by atoms with Gasteiger partial charge in [0.25, 0.3) is 0 Å². The molecule has 5 heteroatoms. The van der Waals surface area contributed by atoms with Gasteiger partial charge in [-0.25, -0.2) is 0 Å². The van der Waals surface area contributed by atoms with Crippen LogP contribution in [0.5, 0.6) is 0 Å². The minimum absolute atomic E-state index is 0.0607. The molecule has 1 unspecified atom stereocenters. The second kappa shape index (κ2) is 7.73. The maximum Gasteiger partial charge on any atom is 0.224 e. The molecular formula is C14H20Cl2N2O. The van der Waals surface area contributed by atoms with Crippen LogP contribution >= 0.6 is 23.2 Å². The van der Waals surface area contributed by atoms with E-state index in [9.17, 15) is 4.79 Å². The third kappa shape index (κ3) is 6.28. The van der Waals surface area contributed by atoms with Crippen LogP contribution in [0.15, 0.2) is 18.2 Å². The van der Waals surface area contributed by atoms with Gasteiger partial charge in [0, 0.05) is 22.2 Å². The summed E-state index contributed by atoms with van der Waals surface area (Å²) in [5.41, 5.74) is 6.30. The molecule has 0 aliphatic heterocycles. The van der Waals surface area contributed by atoms with Crippen molar-refractivity contribution in [3.05, 3.63) is 28.2 Å². The molecule has 0 aliphatic carbocycles. The number of nitrogens with two attached hydrogens (primary N) is 1. The summed E-state index contributed by atoms with van der Waals surface area (Å²) in [7, 11) is 0. The van der Waals surface area contributed by atoms with Gasteiger partial charge in [0.05, 0.1) is 0 Å². The summed E-state index contributed by atoms with van der Waals surface area (Å²) in [5.74, 6) is 0.672. The van der Waals surface area contributed by atoms with Gasteiger partial charge < -0.3 is 11.1 Å². The van der Waals surface area contributed by atoms with Crippen molar-refractivity contribution in [3.8, 4) is 0 Å². The van der Waals surface area contributed by atoms with Crippen LogP contribution in [0.3, 0.4) is 0 Å². The summed E-state index contributed by atoms with van der Waals surface area (Å²) in [5, 5.41) is 3.80. The number of carbonyl (C=O) groups is 1. The molecule has 0 saturated heterocycles. The van der Waals surface area contributed by atoms with Crippen molar-refractivity contribution in [2.24, 2.45) is 17.6 Å². The quantitative estimate of drug-likeness (QED) is 0.836. The summed E-state index contributed by atoms with van der Waals surface area (Å²) < 4.78 is 0. The fraction of sp³-hybridized carbons (Fsp3) is 0.500. The maximum atomic E-state index is 11.9. The van der Waals surface area contributed by atoms with E-state index in [-0.39, 0.29) is 11.8 Å². The Morgan fingerprint density at radius 2 is 1.84 bits per heavy atom. The second-order valence-corrected chi connectivity index (χ2v) is 6.01. The minimum atomic E-state index is -0.0607. The van der Waals surface area contributed by atoms with E-state index in [2.05, 4.69) is 19.2 Å². The molecule has 0 aromatic heterocycles. The molecule has 0 radical (unpaired) electrons. The molecule has 3 nitrogen and oxygen atoms in total. The lowest BCUT2D eigenvalue weighted by Gasteiger charge is -2.16. The average molecular weight is 303 g/mol. The zero-order chi connectivity index (χ0) is 14.4. The summed E-state index contributed by atoms with van der Waals surface area (Å²) in [6, 6.07) is 4.97. The molecule has 0 spiro atoms. The highest BCUT2D eigenvalue weighted by Gasteiger charge is 2.14. The Balaban J connectivity index is 2.58. The van der Waals surface area contributed by atoms with Crippen LogP contribution in [0.25, 0.3) is 0 Å². The van der Waals surface area contributed by atoms with Crippen LogP contribution in [0.2, 0.25) is 10.0 Å². The number of carbonyl (C=O) groups excluding carboxylic acids is 1. The lowest BCUT2D eigenvalue weighted by atomic mass is 9.94. The Bertz CT molecular complexity index is 415. The van der Waals surface area contributed by atoms with E-state index in [1.807, 2.05) is 0 Å². The Hall–Kier alpha value is -0.770. The van der Waals surface area contributed by atoms with E-state index in [1.54, 1.807) is 18.2 Å². The van der Waals surface area contributed by atoms with Gasteiger partial charge in [0.1, 0.15) is 0 Å². The number of anilines is 1. The first-order valence-electron chi connectivity index (χ1n) is 6.36. The van der Waals surface area contributed by atoms with E-state index >= 15 is 0 Å². The molecule has 1 rings (SSSR count). The van der Waals surface area contributed by atoms with Crippen molar-refractivity contribution in [1.82, 2.24) is 0 Å². The van der Waals surface area contributed by atoms with Crippen molar-refractivity contribution in [2.45, 2.75) is 26.7 Å². The Kier molecular flexibility index (Phi) is 6.63. The van der Waals surface area contributed by atoms with Crippen LogP contribution in [-0.2, 0) is 4.79 Å². The zero-order valence-electron chi connectivity index (χ0n) is 11.2. The lowest BCUT2D eigenvalue weighted by Crippen LogP contribution is -2.23. The third-order valence-corrected chi connectivity index (χ3v) is 3.19. The number of amides is 1. The molecule has 106 valence electrons. The van der Waals surface area contributed by atoms with E-state index in [4.69, 9.17) is 28.9 Å². The molecule has 1 aromatic carbocycles. The molecule has 0 aliphatic rings. The van der Waals surface area contributed by atoms with Gasteiger partial charge in [-0.3, -0.25) is 4.79 Å². The summed E-state index contributed by atoms with van der Waals surface area (Å²) in [6.45, 7) is 4.76. The number of halogens is 2. The lowest BCUT2D eigenvalue weighted by molar-refractivity contribution is -0.117. The van der Waals surface area contributed by atoms with E-state index in [1.165, 1.54) is 0 Å². The number of rotatable bonds is 6. The summed E-state index contributed by atoms with van der Waals surface area (Å²) in [4.78, 5) is 11.9. The Morgan fingerprint density at radius 1 is 1.26 bits per heavy atom. The number of hydrogen-bond acceptors (Lipinski definition) is 2. The van der Waals surface area contributed by atoms with Crippen molar-refractivity contribution < 1.29 is 4.79 Å². The van der Waals surface area contributed by atoms with Crippen LogP contribution < -0.4 is 11.1 Å². The van der Waals surface area contributed by atoms with Crippen molar-refractivity contribution in [2.75, 3.05) is 11.9 Å². The molecule has 3 N–H and O–H groups in total. The second-order valence-electron chi connectivity index (χ2n) is 5.14. The molecule has 0 bridgehead atoms. The van der Waals surface area contributed by atoms with Gasteiger partial charge in [0.15, 0.2) is 0 Å². The SMILES string of the molecule is CC(C)CC(CN)CC(=O)Nc1cc(Cl)cc(Cl)c1.